The summed E-state index contributed by atoms with van der Waals surface area (Å²) in [5.41, 5.74) is 0.574. The van der Waals surface area contributed by atoms with Crippen molar-refractivity contribution in [1.82, 2.24) is 0 Å². The highest BCUT2D eigenvalue weighted by atomic mass is 35.7. The Morgan fingerprint density at radius 3 is 2.62 bits per heavy atom. The monoisotopic (exact) mass is 262 g/mol. The Morgan fingerprint density at radius 2 is 2.06 bits per heavy atom. The molecule has 0 bridgehead atoms. The van der Waals surface area contributed by atoms with Crippen molar-refractivity contribution in [1.29, 1.82) is 0 Å². The molecule has 0 aliphatic carbocycles. The predicted octanol–water partition coefficient (Wildman–Crippen LogP) is 1.53. The van der Waals surface area contributed by atoms with Crippen molar-refractivity contribution >= 4 is 19.7 Å². The molecule has 2 rings (SSSR count). The zero-order valence-corrected chi connectivity index (χ0v) is 10.00. The van der Waals surface area contributed by atoms with Gasteiger partial charge in [-0.15, -0.1) is 0 Å². The van der Waals surface area contributed by atoms with E-state index in [4.69, 9.17) is 20.2 Å². The molecule has 1 heterocycles. The normalized spacial score (nSPS) is 16.8. The second-order valence-electron chi connectivity index (χ2n) is 3.57. The van der Waals surface area contributed by atoms with Crippen LogP contribution in [-0.4, -0.2) is 27.7 Å². The van der Waals surface area contributed by atoms with Gasteiger partial charge >= 0.3 is 0 Å². The number of benzene rings is 1. The first-order chi connectivity index (χ1) is 7.54. The van der Waals surface area contributed by atoms with E-state index >= 15 is 0 Å². The fourth-order valence-electron chi connectivity index (χ4n) is 1.39. The Labute approximate surface area is 98.5 Å². The van der Waals surface area contributed by atoms with Gasteiger partial charge in [0.2, 0.25) is 9.05 Å². The molecule has 1 aliphatic rings. The SMILES string of the molecule is O=S(=O)(Cl)Cc1ccccc1OC1COC1. The summed E-state index contributed by atoms with van der Waals surface area (Å²) in [6.07, 6.45) is 0.0131. The van der Waals surface area contributed by atoms with E-state index in [-0.39, 0.29) is 11.9 Å². The average molecular weight is 263 g/mol. The summed E-state index contributed by atoms with van der Waals surface area (Å²) in [4.78, 5) is 0. The molecule has 1 aromatic carbocycles. The molecule has 1 fully saturated rings. The molecule has 1 aromatic rings. The lowest BCUT2D eigenvalue weighted by molar-refractivity contribution is -0.0799. The summed E-state index contributed by atoms with van der Waals surface area (Å²) in [6.45, 7) is 1.09. The summed E-state index contributed by atoms with van der Waals surface area (Å²) in [6, 6.07) is 6.96. The highest BCUT2D eigenvalue weighted by molar-refractivity contribution is 8.13. The van der Waals surface area contributed by atoms with Crippen LogP contribution in [0.15, 0.2) is 24.3 Å². The van der Waals surface area contributed by atoms with Gasteiger partial charge in [0, 0.05) is 16.2 Å². The fraction of sp³-hybridized carbons (Fsp3) is 0.400. The topological polar surface area (TPSA) is 52.6 Å². The highest BCUT2D eigenvalue weighted by Gasteiger charge is 2.22. The second kappa shape index (κ2) is 4.61. The summed E-state index contributed by atoms with van der Waals surface area (Å²) >= 11 is 0. The van der Waals surface area contributed by atoms with E-state index in [1.165, 1.54) is 0 Å². The minimum Gasteiger partial charge on any atom is -0.485 e. The van der Waals surface area contributed by atoms with Crippen LogP contribution < -0.4 is 4.74 Å². The molecule has 0 aromatic heterocycles. The molecule has 6 heteroatoms. The van der Waals surface area contributed by atoms with Crippen molar-refractivity contribution in [2.45, 2.75) is 11.9 Å². The summed E-state index contributed by atoms with van der Waals surface area (Å²) in [5.74, 6) is 0.332. The number of ether oxygens (including phenoxy) is 2. The lowest BCUT2D eigenvalue weighted by Gasteiger charge is -2.27. The Hall–Kier alpha value is -0.780. The molecule has 1 saturated heterocycles. The van der Waals surface area contributed by atoms with Gasteiger partial charge < -0.3 is 9.47 Å². The Bertz CT molecular complexity index is 467. The van der Waals surface area contributed by atoms with Crippen LogP contribution in [-0.2, 0) is 19.5 Å². The van der Waals surface area contributed by atoms with E-state index < -0.39 is 9.05 Å². The van der Waals surface area contributed by atoms with Crippen molar-refractivity contribution in [3.05, 3.63) is 29.8 Å². The molecule has 88 valence electrons. The van der Waals surface area contributed by atoms with E-state index in [2.05, 4.69) is 0 Å². The quantitative estimate of drug-likeness (QED) is 0.773. The van der Waals surface area contributed by atoms with E-state index in [9.17, 15) is 8.42 Å². The fourth-order valence-corrected chi connectivity index (χ4v) is 2.35. The molecule has 0 atom stereocenters. The lowest BCUT2D eigenvalue weighted by Crippen LogP contribution is -2.38. The molecule has 0 radical (unpaired) electrons. The Kier molecular flexibility index (Phi) is 3.37. The third-order valence-corrected chi connectivity index (χ3v) is 3.18. The second-order valence-corrected chi connectivity index (χ2v) is 6.35. The average Bonchev–Trinajstić information content (AvgIpc) is 2.11. The molecule has 0 saturated carbocycles. The minimum absolute atomic E-state index is 0.0131. The van der Waals surface area contributed by atoms with Crippen LogP contribution in [0, 0.1) is 0 Å². The Morgan fingerprint density at radius 1 is 1.38 bits per heavy atom. The molecule has 0 amide bonds. The molecule has 0 N–H and O–H groups in total. The third kappa shape index (κ3) is 3.10. The molecule has 0 unspecified atom stereocenters. The lowest BCUT2D eigenvalue weighted by atomic mass is 10.2. The first-order valence-corrected chi connectivity index (χ1v) is 7.27. The number of hydrogen-bond acceptors (Lipinski definition) is 4. The molecule has 4 nitrogen and oxygen atoms in total. The van der Waals surface area contributed by atoms with Crippen molar-refractivity contribution in [3.8, 4) is 5.75 Å². The molecule has 0 spiro atoms. The maximum Gasteiger partial charge on any atom is 0.236 e. The zero-order chi connectivity index (χ0) is 11.6. The van der Waals surface area contributed by atoms with E-state index in [0.717, 1.165) is 0 Å². The van der Waals surface area contributed by atoms with Gasteiger partial charge in [-0.05, 0) is 6.07 Å². The predicted molar refractivity (Wildman–Crippen MR) is 60.2 cm³/mol. The van der Waals surface area contributed by atoms with Crippen molar-refractivity contribution in [2.75, 3.05) is 13.2 Å². The van der Waals surface area contributed by atoms with Gasteiger partial charge in [0.15, 0.2) is 0 Å². The number of hydrogen-bond donors (Lipinski definition) is 0. The van der Waals surface area contributed by atoms with Gasteiger partial charge in [0.25, 0.3) is 0 Å². The van der Waals surface area contributed by atoms with Crippen LogP contribution in [0.2, 0.25) is 0 Å². The number of halogens is 1. The number of rotatable bonds is 4. The standard InChI is InChI=1S/C10H11ClO4S/c11-16(12,13)7-8-3-1-2-4-10(8)15-9-5-14-6-9/h1-4,9H,5-7H2. The molecular weight excluding hydrogens is 252 g/mol. The number of para-hydroxylation sites is 1. The van der Waals surface area contributed by atoms with Gasteiger partial charge in [-0.2, -0.15) is 0 Å². The first-order valence-electron chi connectivity index (χ1n) is 4.79. The summed E-state index contributed by atoms with van der Waals surface area (Å²) < 4.78 is 32.6. The smallest absolute Gasteiger partial charge is 0.236 e. The van der Waals surface area contributed by atoms with Crippen molar-refractivity contribution in [3.63, 3.8) is 0 Å². The van der Waals surface area contributed by atoms with Crippen molar-refractivity contribution < 1.29 is 17.9 Å². The van der Waals surface area contributed by atoms with Crippen molar-refractivity contribution in [2.24, 2.45) is 0 Å². The van der Waals surface area contributed by atoms with Crippen LogP contribution in [0.5, 0.6) is 5.75 Å². The zero-order valence-electron chi connectivity index (χ0n) is 8.43. The van der Waals surface area contributed by atoms with Crippen LogP contribution in [0.4, 0.5) is 0 Å². The van der Waals surface area contributed by atoms with Gasteiger partial charge in [0.05, 0.1) is 19.0 Å². The van der Waals surface area contributed by atoms with E-state index in [1.807, 2.05) is 0 Å². The third-order valence-electron chi connectivity index (χ3n) is 2.20. The van der Waals surface area contributed by atoms with Crippen LogP contribution >= 0.6 is 10.7 Å². The van der Waals surface area contributed by atoms with Crippen LogP contribution in [0.1, 0.15) is 5.56 Å². The highest BCUT2D eigenvalue weighted by Crippen LogP contribution is 2.24. The van der Waals surface area contributed by atoms with E-state index in [0.29, 0.717) is 24.5 Å². The molecule has 1 aliphatic heterocycles. The van der Waals surface area contributed by atoms with Gasteiger partial charge in [-0.3, -0.25) is 0 Å². The van der Waals surface area contributed by atoms with Crippen LogP contribution in [0.25, 0.3) is 0 Å². The van der Waals surface area contributed by atoms with Crippen LogP contribution in [0.3, 0.4) is 0 Å². The van der Waals surface area contributed by atoms with E-state index in [1.54, 1.807) is 24.3 Å². The minimum atomic E-state index is -3.56. The first kappa shape index (κ1) is 11.7. The van der Waals surface area contributed by atoms with Gasteiger partial charge in [-0.1, -0.05) is 18.2 Å². The molecular formula is C10H11ClO4S. The summed E-state index contributed by atoms with van der Waals surface area (Å²) in [7, 11) is 1.65. The van der Waals surface area contributed by atoms with Gasteiger partial charge in [-0.25, -0.2) is 8.42 Å². The maximum atomic E-state index is 11.0. The maximum absolute atomic E-state index is 11.0. The van der Waals surface area contributed by atoms with Gasteiger partial charge in [0.1, 0.15) is 11.9 Å². The largest absolute Gasteiger partial charge is 0.485 e. The molecule has 16 heavy (non-hydrogen) atoms. The summed E-state index contributed by atoms with van der Waals surface area (Å²) in [5, 5.41) is 0. The Balaban J connectivity index is 2.16.